The molecule has 1 amide bonds. The SMILES string of the molecule is CC(C)(C)OC(=O)NC1(C#Cc2cc(F)c(C(=O)O)c(F)c2)CC1. The second-order valence-corrected chi connectivity index (χ2v) is 6.58. The van der Waals surface area contributed by atoms with E-state index < -0.39 is 40.4 Å². The Morgan fingerprint density at radius 2 is 1.79 bits per heavy atom. The van der Waals surface area contributed by atoms with Crippen LogP contribution < -0.4 is 5.32 Å². The molecule has 0 saturated heterocycles. The Morgan fingerprint density at radius 1 is 1.25 bits per heavy atom. The van der Waals surface area contributed by atoms with Gasteiger partial charge >= 0.3 is 12.1 Å². The molecule has 2 rings (SSSR count). The van der Waals surface area contributed by atoms with Gasteiger partial charge in [-0.1, -0.05) is 11.8 Å². The Labute approximate surface area is 138 Å². The summed E-state index contributed by atoms with van der Waals surface area (Å²) in [6.45, 7) is 5.19. The molecule has 0 spiro atoms. The van der Waals surface area contributed by atoms with Gasteiger partial charge in [-0.05, 0) is 45.7 Å². The lowest BCUT2D eigenvalue weighted by molar-refractivity contribution is 0.0510. The van der Waals surface area contributed by atoms with Crippen LogP contribution in [-0.4, -0.2) is 28.3 Å². The Morgan fingerprint density at radius 3 is 2.21 bits per heavy atom. The van der Waals surface area contributed by atoms with Gasteiger partial charge in [0.05, 0.1) is 0 Å². The van der Waals surface area contributed by atoms with Crippen LogP contribution in [0.1, 0.15) is 49.5 Å². The van der Waals surface area contributed by atoms with Crippen molar-refractivity contribution in [2.24, 2.45) is 0 Å². The van der Waals surface area contributed by atoms with E-state index in [1.165, 1.54) is 0 Å². The van der Waals surface area contributed by atoms with E-state index >= 15 is 0 Å². The van der Waals surface area contributed by atoms with Crippen LogP contribution in [0.2, 0.25) is 0 Å². The number of nitrogens with one attached hydrogen (secondary N) is 1. The van der Waals surface area contributed by atoms with Crippen LogP contribution in [0.15, 0.2) is 12.1 Å². The third kappa shape index (κ3) is 4.44. The van der Waals surface area contributed by atoms with Gasteiger partial charge in [-0.15, -0.1) is 0 Å². The van der Waals surface area contributed by atoms with E-state index in [9.17, 15) is 18.4 Å². The first kappa shape index (κ1) is 17.7. The molecule has 7 heteroatoms. The Kier molecular flexibility index (Phi) is 4.52. The third-order valence-corrected chi connectivity index (χ3v) is 3.19. The summed E-state index contributed by atoms with van der Waals surface area (Å²) in [5.74, 6) is 1.25. The lowest BCUT2D eigenvalue weighted by atomic mass is 10.1. The molecule has 2 N–H and O–H groups in total. The Bertz CT molecular complexity index is 729. The molecule has 1 aromatic carbocycles. The zero-order valence-corrected chi connectivity index (χ0v) is 13.5. The largest absolute Gasteiger partial charge is 0.477 e. The van der Waals surface area contributed by atoms with Gasteiger partial charge in [0.25, 0.3) is 0 Å². The molecular formula is C17H17F2NO4. The molecule has 1 aliphatic carbocycles. The number of carboxylic acid groups (broad SMARTS) is 1. The highest BCUT2D eigenvalue weighted by Crippen LogP contribution is 2.35. The van der Waals surface area contributed by atoms with Gasteiger partial charge in [-0.25, -0.2) is 18.4 Å². The van der Waals surface area contributed by atoms with Crippen molar-refractivity contribution in [3.05, 3.63) is 34.9 Å². The Balaban J connectivity index is 2.15. The fourth-order valence-corrected chi connectivity index (χ4v) is 1.95. The lowest BCUT2D eigenvalue weighted by Crippen LogP contribution is -2.39. The summed E-state index contributed by atoms with van der Waals surface area (Å²) in [5.41, 5.74) is -2.45. The monoisotopic (exact) mass is 337 g/mol. The molecule has 0 heterocycles. The fraction of sp³-hybridized carbons (Fsp3) is 0.412. The van der Waals surface area contributed by atoms with Gasteiger partial charge in [-0.3, -0.25) is 0 Å². The van der Waals surface area contributed by atoms with E-state index in [1.807, 2.05) is 0 Å². The second kappa shape index (κ2) is 6.11. The third-order valence-electron chi connectivity index (χ3n) is 3.19. The molecule has 0 radical (unpaired) electrons. The summed E-state index contributed by atoms with van der Waals surface area (Å²) in [6, 6.07) is 1.70. The van der Waals surface area contributed by atoms with E-state index in [1.54, 1.807) is 20.8 Å². The number of hydrogen-bond acceptors (Lipinski definition) is 3. The zero-order valence-electron chi connectivity index (χ0n) is 13.5. The van der Waals surface area contributed by atoms with Crippen molar-refractivity contribution in [1.29, 1.82) is 0 Å². The summed E-state index contributed by atoms with van der Waals surface area (Å²) >= 11 is 0. The molecular weight excluding hydrogens is 320 g/mol. The van der Waals surface area contributed by atoms with Crippen LogP contribution in [0.25, 0.3) is 0 Å². The first-order valence-electron chi connectivity index (χ1n) is 7.28. The summed E-state index contributed by atoms with van der Waals surface area (Å²) < 4.78 is 32.4. The highest BCUT2D eigenvalue weighted by atomic mass is 19.1. The van der Waals surface area contributed by atoms with Gasteiger partial charge in [0, 0.05) is 5.56 Å². The van der Waals surface area contributed by atoms with Crippen molar-refractivity contribution in [2.45, 2.75) is 44.8 Å². The van der Waals surface area contributed by atoms with Crippen LogP contribution in [0.4, 0.5) is 13.6 Å². The van der Waals surface area contributed by atoms with Crippen molar-refractivity contribution in [3.8, 4) is 11.8 Å². The number of carbonyl (C=O) groups is 2. The molecule has 5 nitrogen and oxygen atoms in total. The summed E-state index contributed by atoms with van der Waals surface area (Å²) in [6.07, 6.45) is 0.572. The van der Waals surface area contributed by atoms with E-state index in [0.717, 1.165) is 12.1 Å². The number of rotatable bonds is 2. The summed E-state index contributed by atoms with van der Waals surface area (Å²) in [4.78, 5) is 22.5. The number of benzene rings is 1. The van der Waals surface area contributed by atoms with Crippen LogP contribution >= 0.6 is 0 Å². The molecule has 1 aromatic rings. The number of ether oxygens (including phenoxy) is 1. The number of halogens is 2. The average molecular weight is 337 g/mol. The van der Waals surface area contributed by atoms with Crippen LogP contribution in [0.5, 0.6) is 0 Å². The van der Waals surface area contributed by atoms with Crippen molar-refractivity contribution in [2.75, 3.05) is 0 Å². The van der Waals surface area contributed by atoms with E-state index in [0.29, 0.717) is 12.8 Å². The minimum atomic E-state index is -1.69. The van der Waals surface area contributed by atoms with Crippen LogP contribution in [0.3, 0.4) is 0 Å². The average Bonchev–Trinajstić information content (AvgIpc) is 3.12. The Hall–Kier alpha value is -2.62. The smallest absolute Gasteiger partial charge is 0.408 e. The minimum absolute atomic E-state index is 0.00716. The maximum atomic E-state index is 13.6. The standard InChI is InChI=1S/C17H17F2NO4/c1-16(2,3)24-15(23)20-17(6-7-17)5-4-10-8-11(18)13(14(21)22)12(19)9-10/h8-9H,6-7H2,1-3H3,(H,20,23)(H,21,22). The second-order valence-electron chi connectivity index (χ2n) is 6.58. The number of alkyl carbamates (subject to hydrolysis) is 1. The molecule has 0 unspecified atom stereocenters. The normalized spacial score (nSPS) is 15.0. The number of carbonyl (C=O) groups excluding carboxylic acids is 1. The highest BCUT2D eigenvalue weighted by Gasteiger charge is 2.43. The van der Waals surface area contributed by atoms with Crippen molar-refractivity contribution in [3.63, 3.8) is 0 Å². The summed E-state index contributed by atoms with van der Waals surface area (Å²) in [5, 5.41) is 11.4. The van der Waals surface area contributed by atoms with Crippen molar-refractivity contribution < 1.29 is 28.2 Å². The molecule has 1 fully saturated rings. The molecule has 128 valence electrons. The number of hydrogen-bond donors (Lipinski definition) is 2. The molecule has 0 aromatic heterocycles. The van der Waals surface area contributed by atoms with Gasteiger partial charge in [-0.2, -0.15) is 0 Å². The molecule has 0 aliphatic heterocycles. The lowest BCUT2D eigenvalue weighted by Gasteiger charge is -2.21. The van der Waals surface area contributed by atoms with E-state index in [4.69, 9.17) is 9.84 Å². The van der Waals surface area contributed by atoms with Crippen molar-refractivity contribution in [1.82, 2.24) is 5.32 Å². The molecule has 0 bridgehead atoms. The van der Waals surface area contributed by atoms with Gasteiger partial charge in [0.15, 0.2) is 0 Å². The molecule has 24 heavy (non-hydrogen) atoms. The van der Waals surface area contributed by atoms with E-state index in [-0.39, 0.29) is 5.56 Å². The van der Waals surface area contributed by atoms with Gasteiger partial charge < -0.3 is 15.2 Å². The summed E-state index contributed by atoms with van der Waals surface area (Å²) in [7, 11) is 0. The minimum Gasteiger partial charge on any atom is -0.477 e. The maximum absolute atomic E-state index is 13.6. The predicted octanol–water partition coefficient (Wildman–Crippen LogP) is 3.07. The predicted molar refractivity (Wildman–Crippen MR) is 81.5 cm³/mol. The first-order chi connectivity index (χ1) is 11.0. The quantitative estimate of drug-likeness (QED) is 0.813. The van der Waals surface area contributed by atoms with Crippen LogP contribution in [-0.2, 0) is 4.74 Å². The van der Waals surface area contributed by atoms with Gasteiger partial charge in [0.2, 0.25) is 0 Å². The number of aromatic carboxylic acids is 1. The number of amides is 1. The first-order valence-corrected chi connectivity index (χ1v) is 7.28. The molecule has 0 atom stereocenters. The highest BCUT2D eigenvalue weighted by molar-refractivity contribution is 5.88. The topological polar surface area (TPSA) is 75.6 Å². The van der Waals surface area contributed by atoms with Crippen LogP contribution in [0, 0.1) is 23.5 Å². The van der Waals surface area contributed by atoms with Crippen molar-refractivity contribution >= 4 is 12.1 Å². The zero-order chi connectivity index (χ0) is 18.1. The fourth-order valence-electron chi connectivity index (χ4n) is 1.95. The molecule has 1 saturated carbocycles. The van der Waals surface area contributed by atoms with Gasteiger partial charge in [0.1, 0.15) is 28.3 Å². The maximum Gasteiger partial charge on any atom is 0.408 e. The number of carboxylic acids is 1. The molecule has 1 aliphatic rings. The van der Waals surface area contributed by atoms with E-state index in [2.05, 4.69) is 17.2 Å².